The predicted molar refractivity (Wildman–Crippen MR) is 111 cm³/mol. The quantitative estimate of drug-likeness (QED) is 0.745. The Morgan fingerprint density at radius 1 is 0.962 bits per heavy atom. The van der Waals surface area contributed by atoms with E-state index in [1.165, 1.54) is 27.9 Å². The van der Waals surface area contributed by atoms with E-state index in [0.29, 0.717) is 0 Å². The summed E-state index contributed by atoms with van der Waals surface area (Å²) in [5, 5.41) is 0. The number of likely N-dealkylation sites (N-methyl/N-ethyl adjacent to an activating group) is 1. The van der Waals surface area contributed by atoms with Crippen LogP contribution in [-0.4, -0.2) is 44.7 Å². The summed E-state index contributed by atoms with van der Waals surface area (Å²) in [5.74, 6) is 1.04. The van der Waals surface area contributed by atoms with Crippen molar-refractivity contribution >= 4 is 5.69 Å². The number of hydrogen-bond acceptors (Lipinski definition) is 3. The number of ether oxygens (including phenoxy) is 1. The number of rotatable bonds is 6. The van der Waals surface area contributed by atoms with E-state index in [2.05, 4.69) is 67.0 Å². The normalized spacial score (nSPS) is 15.3. The van der Waals surface area contributed by atoms with E-state index in [1.54, 1.807) is 7.11 Å². The highest BCUT2D eigenvalue weighted by molar-refractivity contribution is 5.79. The lowest BCUT2D eigenvalue weighted by Crippen LogP contribution is -2.46. The summed E-state index contributed by atoms with van der Waals surface area (Å²) in [6.07, 6.45) is 2.17. The molecule has 0 aliphatic carbocycles. The minimum Gasteiger partial charge on any atom is -0.496 e. The SMILES string of the molecule is CCCc1cc(N2CCN(CC)CC2)cc(-c2ccccc2C)c1OC. The van der Waals surface area contributed by atoms with Crippen LogP contribution in [0.5, 0.6) is 5.75 Å². The van der Waals surface area contributed by atoms with Crippen LogP contribution >= 0.6 is 0 Å². The molecule has 0 amide bonds. The predicted octanol–water partition coefficient (Wildman–Crippen LogP) is 4.77. The van der Waals surface area contributed by atoms with Crippen LogP contribution < -0.4 is 9.64 Å². The van der Waals surface area contributed by atoms with E-state index in [1.807, 2.05) is 0 Å². The van der Waals surface area contributed by atoms with Crippen LogP contribution in [0.3, 0.4) is 0 Å². The zero-order valence-electron chi connectivity index (χ0n) is 16.7. The van der Waals surface area contributed by atoms with E-state index in [0.717, 1.165) is 51.3 Å². The molecule has 0 atom stereocenters. The Morgan fingerprint density at radius 2 is 1.69 bits per heavy atom. The van der Waals surface area contributed by atoms with Gasteiger partial charge in [-0.25, -0.2) is 0 Å². The first-order valence-electron chi connectivity index (χ1n) is 9.92. The second-order valence-electron chi connectivity index (χ2n) is 7.17. The Bertz CT molecular complexity index is 733. The first-order chi connectivity index (χ1) is 12.7. The Balaban J connectivity index is 2.05. The fourth-order valence-corrected chi connectivity index (χ4v) is 3.95. The van der Waals surface area contributed by atoms with E-state index in [-0.39, 0.29) is 0 Å². The smallest absolute Gasteiger partial charge is 0.130 e. The number of hydrogen-bond donors (Lipinski definition) is 0. The molecule has 2 aromatic carbocycles. The van der Waals surface area contributed by atoms with Gasteiger partial charge in [0.05, 0.1) is 7.11 Å². The molecule has 0 aromatic heterocycles. The third kappa shape index (κ3) is 3.88. The third-order valence-corrected chi connectivity index (χ3v) is 5.49. The molecule has 26 heavy (non-hydrogen) atoms. The number of benzene rings is 2. The molecule has 0 N–H and O–H groups in total. The molecule has 0 saturated carbocycles. The molecule has 2 aromatic rings. The minimum atomic E-state index is 1.04. The summed E-state index contributed by atoms with van der Waals surface area (Å²) in [6.45, 7) is 12.3. The molecule has 3 nitrogen and oxygen atoms in total. The van der Waals surface area contributed by atoms with E-state index >= 15 is 0 Å². The summed E-state index contributed by atoms with van der Waals surface area (Å²) in [6, 6.07) is 13.3. The highest BCUT2D eigenvalue weighted by Gasteiger charge is 2.20. The number of piperazine rings is 1. The molecule has 0 spiro atoms. The van der Waals surface area contributed by atoms with Gasteiger partial charge in [0.15, 0.2) is 0 Å². The van der Waals surface area contributed by atoms with Gasteiger partial charge in [0.1, 0.15) is 5.75 Å². The van der Waals surface area contributed by atoms with Gasteiger partial charge in [-0.15, -0.1) is 0 Å². The fourth-order valence-electron chi connectivity index (χ4n) is 3.95. The van der Waals surface area contributed by atoms with Crippen molar-refractivity contribution < 1.29 is 4.74 Å². The van der Waals surface area contributed by atoms with Gasteiger partial charge < -0.3 is 14.5 Å². The molecule has 140 valence electrons. The van der Waals surface area contributed by atoms with Gasteiger partial charge in [0, 0.05) is 37.4 Å². The van der Waals surface area contributed by atoms with Gasteiger partial charge in [-0.05, 0) is 48.7 Å². The van der Waals surface area contributed by atoms with Crippen LogP contribution in [-0.2, 0) is 6.42 Å². The molecule has 3 heteroatoms. The van der Waals surface area contributed by atoms with Crippen molar-refractivity contribution in [2.45, 2.75) is 33.6 Å². The molecule has 0 unspecified atom stereocenters. The maximum absolute atomic E-state index is 5.89. The molecular formula is C23H32N2O. The average Bonchev–Trinajstić information content (AvgIpc) is 2.68. The average molecular weight is 353 g/mol. The highest BCUT2D eigenvalue weighted by atomic mass is 16.5. The molecule has 1 aliphatic rings. The molecule has 0 radical (unpaired) electrons. The molecule has 3 rings (SSSR count). The molecule has 1 saturated heterocycles. The topological polar surface area (TPSA) is 15.7 Å². The van der Waals surface area contributed by atoms with Crippen LogP contribution in [0.2, 0.25) is 0 Å². The number of nitrogens with zero attached hydrogens (tertiary/aromatic N) is 2. The summed E-state index contributed by atoms with van der Waals surface area (Å²) < 4.78 is 5.89. The Labute approximate surface area is 158 Å². The summed E-state index contributed by atoms with van der Waals surface area (Å²) in [5.41, 5.74) is 6.45. The van der Waals surface area contributed by atoms with Crippen molar-refractivity contribution in [3.05, 3.63) is 47.5 Å². The zero-order chi connectivity index (χ0) is 18.5. The molecular weight excluding hydrogens is 320 g/mol. The van der Waals surface area contributed by atoms with Gasteiger partial charge in [-0.2, -0.15) is 0 Å². The maximum atomic E-state index is 5.89. The third-order valence-electron chi connectivity index (χ3n) is 5.49. The Hall–Kier alpha value is -2.00. The van der Waals surface area contributed by atoms with Gasteiger partial charge >= 0.3 is 0 Å². The minimum absolute atomic E-state index is 1.04. The molecule has 1 aliphatic heterocycles. The molecule has 0 bridgehead atoms. The number of anilines is 1. The molecule has 1 fully saturated rings. The van der Waals surface area contributed by atoms with Gasteiger partial charge in [-0.1, -0.05) is 44.5 Å². The lowest BCUT2D eigenvalue weighted by molar-refractivity contribution is 0.271. The second-order valence-corrected chi connectivity index (χ2v) is 7.17. The number of methoxy groups -OCH3 is 1. The lowest BCUT2D eigenvalue weighted by atomic mass is 9.95. The van der Waals surface area contributed by atoms with Crippen molar-refractivity contribution in [3.63, 3.8) is 0 Å². The summed E-state index contributed by atoms with van der Waals surface area (Å²) in [4.78, 5) is 5.06. The van der Waals surface area contributed by atoms with Gasteiger partial charge in [0.2, 0.25) is 0 Å². The Kier molecular flexibility index (Phi) is 6.20. The van der Waals surface area contributed by atoms with Crippen molar-refractivity contribution in [2.24, 2.45) is 0 Å². The zero-order valence-corrected chi connectivity index (χ0v) is 16.7. The molecule has 1 heterocycles. The van der Waals surface area contributed by atoms with Crippen LogP contribution in [0.15, 0.2) is 36.4 Å². The van der Waals surface area contributed by atoms with Crippen molar-refractivity contribution in [1.29, 1.82) is 0 Å². The van der Waals surface area contributed by atoms with Crippen molar-refractivity contribution in [3.8, 4) is 16.9 Å². The first-order valence-corrected chi connectivity index (χ1v) is 9.92. The van der Waals surface area contributed by atoms with E-state index < -0.39 is 0 Å². The van der Waals surface area contributed by atoms with Crippen LogP contribution in [0, 0.1) is 6.92 Å². The second kappa shape index (κ2) is 8.59. The fraction of sp³-hybridized carbons (Fsp3) is 0.478. The van der Waals surface area contributed by atoms with Crippen LogP contribution in [0.4, 0.5) is 5.69 Å². The largest absolute Gasteiger partial charge is 0.496 e. The standard InChI is InChI=1S/C23H32N2O/c1-5-9-19-16-20(25-14-12-24(6-2)13-15-25)17-22(23(19)26-4)21-11-8-7-10-18(21)3/h7-8,10-11,16-17H,5-6,9,12-15H2,1-4H3. The van der Waals surface area contributed by atoms with Crippen molar-refractivity contribution in [1.82, 2.24) is 4.90 Å². The first kappa shape index (κ1) is 18.8. The van der Waals surface area contributed by atoms with Gasteiger partial charge in [0.25, 0.3) is 0 Å². The maximum Gasteiger partial charge on any atom is 0.130 e. The van der Waals surface area contributed by atoms with Crippen LogP contribution in [0.25, 0.3) is 11.1 Å². The van der Waals surface area contributed by atoms with E-state index in [9.17, 15) is 0 Å². The van der Waals surface area contributed by atoms with Crippen LogP contribution in [0.1, 0.15) is 31.4 Å². The monoisotopic (exact) mass is 352 g/mol. The van der Waals surface area contributed by atoms with E-state index in [4.69, 9.17) is 4.74 Å². The van der Waals surface area contributed by atoms with Gasteiger partial charge in [-0.3, -0.25) is 0 Å². The summed E-state index contributed by atoms with van der Waals surface area (Å²) in [7, 11) is 1.80. The lowest BCUT2D eigenvalue weighted by Gasteiger charge is -2.36. The van der Waals surface area contributed by atoms with Crippen molar-refractivity contribution in [2.75, 3.05) is 44.7 Å². The number of aryl methyl sites for hydroxylation is 2. The summed E-state index contributed by atoms with van der Waals surface area (Å²) >= 11 is 0. The highest BCUT2D eigenvalue weighted by Crippen LogP contribution is 2.39. The Morgan fingerprint density at radius 3 is 2.31 bits per heavy atom.